The molecule has 2 aliphatic rings. The number of halogens is 1. The van der Waals surface area contributed by atoms with Gasteiger partial charge in [-0.1, -0.05) is 24.3 Å². The van der Waals surface area contributed by atoms with Crippen LogP contribution in [0.2, 0.25) is 0 Å². The minimum Gasteiger partial charge on any atom is -0.357 e. The fourth-order valence-corrected chi connectivity index (χ4v) is 5.36. The standard InChI is InChI=1S/C20H31N3O2S.HI/c1-4-21-19(23-12-13-26(24,25)20(2,3)15-23)22-14-17-10-7-9-16-8-5-6-11-18(16)17;/h5-6,8,11,17H,4,7,9-10,12-15H2,1-3H3,(H,21,22);1H. The summed E-state index contributed by atoms with van der Waals surface area (Å²) in [6, 6.07) is 8.70. The van der Waals surface area contributed by atoms with Crippen LogP contribution >= 0.6 is 24.0 Å². The van der Waals surface area contributed by atoms with Gasteiger partial charge in [-0.15, -0.1) is 24.0 Å². The van der Waals surface area contributed by atoms with E-state index in [1.807, 2.05) is 13.8 Å². The zero-order valence-corrected chi connectivity index (χ0v) is 19.7. The van der Waals surface area contributed by atoms with Crippen molar-refractivity contribution in [1.29, 1.82) is 0 Å². The second kappa shape index (κ2) is 9.11. The molecule has 5 nitrogen and oxygen atoms in total. The van der Waals surface area contributed by atoms with Gasteiger partial charge in [0, 0.05) is 32.1 Å². The number of nitrogens with zero attached hydrogens (tertiary/aromatic N) is 2. The number of guanidine groups is 1. The van der Waals surface area contributed by atoms with E-state index in [0.717, 1.165) is 25.5 Å². The Balaban J connectivity index is 0.00000261. The average molecular weight is 505 g/mol. The first-order valence-corrected chi connectivity index (χ1v) is 11.3. The Kier molecular flexibility index (Phi) is 7.58. The monoisotopic (exact) mass is 505 g/mol. The summed E-state index contributed by atoms with van der Waals surface area (Å²) in [4.78, 5) is 7.02. The van der Waals surface area contributed by atoms with Crippen LogP contribution in [0.3, 0.4) is 0 Å². The number of nitrogens with one attached hydrogen (secondary N) is 1. The Labute approximate surface area is 181 Å². The van der Waals surface area contributed by atoms with Gasteiger partial charge in [-0.05, 0) is 51.2 Å². The van der Waals surface area contributed by atoms with E-state index >= 15 is 0 Å². The topological polar surface area (TPSA) is 61.8 Å². The van der Waals surface area contributed by atoms with E-state index in [9.17, 15) is 8.42 Å². The number of aryl methyl sites for hydroxylation is 1. The van der Waals surface area contributed by atoms with Crippen LogP contribution in [0.4, 0.5) is 0 Å². The molecule has 0 saturated carbocycles. The normalized spacial score (nSPS) is 23.9. The number of benzene rings is 1. The van der Waals surface area contributed by atoms with Crippen molar-refractivity contribution in [1.82, 2.24) is 10.2 Å². The molecule has 3 rings (SSSR count). The zero-order valence-electron chi connectivity index (χ0n) is 16.6. The molecule has 1 aliphatic carbocycles. The van der Waals surface area contributed by atoms with Crippen LogP contribution in [0.1, 0.15) is 50.7 Å². The minimum absolute atomic E-state index is 0. The third-order valence-corrected chi connectivity index (χ3v) is 8.17. The van der Waals surface area contributed by atoms with Gasteiger partial charge in [0.05, 0.1) is 10.5 Å². The molecule has 1 aromatic rings. The van der Waals surface area contributed by atoms with Crippen molar-refractivity contribution < 1.29 is 8.42 Å². The van der Waals surface area contributed by atoms with Crippen LogP contribution in [0.25, 0.3) is 0 Å². The number of hydrogen-bond donors (Lipinski definition) is 1. The fraction of sp³-hybridized carbons (Fsp3) is 0.650. The molecule has 152 valence electrons. The predicted octanol–water partition coefficient (Wildman–Crippen LogP) is 3.20. The molecular formula is C20H32IN3O2S. The molecule has 1 atom stereocenters. The third kappa shape index (κ3) is 4.96. The van der Waals surface area contributed by atoms with Crippen molar-refractivity contribution in [2.75, 3.05) is 31.9 Å². The van der Waals surface area contributed by atoms with Gasteiger partial charge in [-0.25, -0.2) is 8.42 Å². The molecule has 7 heteroatoms. The van der Waals surface area contributed by atoms with Crippen LogP contribution < -0.4 is 5.32 Å². The molecule has 0 aromatic heterocycles. The molecule has 0 spiro atoms. The lowest BCUT2D eigenvalue weighted by Crippen LogP contribution is -2.57. The maximum atomic E-state index is 12.3. The van der Waals surface area contributed by atoms with Gasteiger partial charge in [0.15, 0.2) is 15.8 Å². The summed E-state index contributed by atoms with van der Waals surface area (Å²) in [5, 5.41) is 3.36. The van der Waals surface area contributed by atoms with Gasteiger partial charge in [0.1, 0.15) is 0 Å². The van der Waals surface area contributed by atoms with E-state index in [1.165, 1.54) is 24.0 Å². The maximum absolute atomic E-state index is 12.3. The number of aliphatic imine (C=N–C) groups is 1. The van der Waals surface area contributed by atoms with Crippen LogP contribution in [-0.2, 0) is 16.3 Å². The molecule has 1 aromatic carbocycles. The van der Waals surface area contributed by atoms with E-state index in [4.69, 9.17) is 4.99 Å². The summed E-state index contributed by atoms with van der Waals surface area (Å²) < 4.78 is 23.8. The van der Waals surface area contributed by atoms with Gasteiger partial charge in [0.2, 0.25) is 0 Å². The molecule has 1 N–H and O–H groups in total. The molecule has 1 saturated heterocycles. The van der Waals surface area contributed by atoms with Gasteiger partial charge >= 0.3 is 0 Å². The highest BCUT2D eigenvalue weighted by molar-refractivity contribution is 14.0. The Morgan fingerprint density at radius 2 is 2.07 bits per heavy atom. The fourth-order valence-electron chi connectivity index (χ4n) is 3.99. The largest absolute Gasteiger partial charge is 0.357 e. The Morgan fingerprint density at radius 3 is 2.78 bits per heavy atom. The highest BCUT2D eigenvalue weighted by Crippen LogP contribution is 2.31. The second-order valence-corrected chi connectivity index (χ2v) is 10.7. The summed E-state index contributed by atoms with van der Waals surface area (Å²) in [6.45, 7) is 8.22. The lowest BCUT2D eigenvalue weighted by atomic mass is 9.83. The van der Waals surface area contributed by atoms with Crippen molar-refractivity contribution in [3.05, 3.63) is 35.4 Å². The number of fused-ring (bicyclic) bond motifs is 1. The summed E-state index contributed by atoms with van der Waals surface area (Å²) in [5.41, 5.74) is 2.88. The van der Waals surface area contributed by atoms with Crippen molar-refractivity contribution in [3.63, 3.8) is 0 Å². The highest BCUT2D eigenvalue weighted by Gasteiger charge is 2.41. The van der Waals surface area contributed by atoms with Gasteiger partial charge in [-0.2, -0.15) is 0 Å². The van der Waals surface area contributed by atoms with Crippen LogP contribution in [-0.4, -0.2) is 56.0 Å². The van der Waals surface area contributed by atoms with Crippen molar-refractivity contribution in [2.24, 2.45) is 4.99 Å². The first-order chi connectivity index (χ1) is 12.3. The first kappa shape index (κ1) is 22.5. The van der Waals surface area contributed by atoms with E-state index < -0.39 is 14.6 Å². The molecular weight excluding hydrogens is 473 g/mol. The molecule has 27 heavy (non-hydrogen) atoms. The van der Waals surface area contributed by atoms with E-state index in [1.54, 1.807) is 0 Å². The molecule has 0 radical (unpaired) electrons. The van der Waals surface area contributed by atoms with Crippen molar-refractivity contribution in [2.45, 2.75) is 50.7 Å². The number of rotatable bonds is 3. The van der Waals surface area contributed by atoms with Crippen LogP contribution in [0.15, 0.2) is 29.3 Å². The van der Waals surface area contributed by atoms with Crippen LogP contribution in [0.5, 0.6) is 0 Å². The van der Waals surface area contributed by atoms with Crippen LogP contribution in [0, 0.1) is 0 Å². The quantitative estimate of drug-likeness (QED) is 0.390. The molecule has 1 heterocycles. The molecule has 0 amide bonds. The Bertz CT molecular complexity index is 777. The number of sulfone groups is 1. The third-order valence-electron chi connectivity index (χ3n) is 5.63. The number of hydrogen-bond acceptors (Lipinski definition) is 3. The second-order valence-electron chi connectivity index (χ2n) is 7.98. The van der Waals surface area contributed by atoms with Gasteiger partial charge < -0.3 is 10.2 Å². The SMILES string of the molecule is CCNC(=NCC1CCCc2ccccc21)N1CCS(=O)(=O)C(C)(C)C1.I. The minimum atomic E-state index is -3.04. The Morgan fingerprint density at radius 1 is 1.33 bits per heavy atom. The summed E-state index contributed by atoms with van der Waals surface area (Å²) in [6.07, 6.45) is 3.54. The highest BCUT2D eigenvalue weighted by atomic mass is 127. The maximum Gasteiger partial charge on any atom is 0.194 e. The Hall–Kier alpha value is -0.830. The van der Waals surface area contributed by atoms with E-state index in [2.05, 4.69) is 41.4 Å². The molecule has 1 fully saturated rings. The molecule has 0 bridgehead atoms. The smallest absolute Gasteiger partial charge is 0.194 e. The van der Waals surface area contributed by atoms with Crippen molar-refractivity contribution >= 4 is 39.8 Å². The van der Waals surface area contributed by atoms with E-state index in [-0.39, 0.29) is 29.7 Å². The lowest BCUT2D eigenvalue weighted by Gasteiger charge is -2.39. The first-order valence-electron chi connectivity index (χ1n) is 9.67. The van der Waals surface area contributed by atoms with E-state index in [0.29, 0.717) is 19.0 Å². The van der Waals surface area contributed by atoms with Gasteiger partial charge in [0.25, 0.3) is 0 Å². The lowest BCUT2D eigenvalue weighted by molar-refractivity contribution is 0.352. The molecule has 1 unspecified atom stereocenters. The molecule has 1 aliphatic heterocycles. The van der Waals surface area contributed by atoms with Gasteiger partial charge in [-0.3, -0.25) is 4.99 Å². The predicted molar refractivity (Wildman–Crippen MR) is 123 cm³/mol. The zero-order chi connectivity index (χ0) is 18.8. The average Bonchev–Trinajstić information content (AvgIpc) is 2.61. The van der Waals surface area contributed by atoms with Crippen molar-refractivity contribution in [3.8, 4) is 0 Å². The summed E-state index contributed by atoms with van der Waals surface area (Å²) in [7, 11) is -3.04. The summed E-state index contributed by atoms with van der Waals surface area (Å²) in [5.74, 6) is 1.49. The summed E-state index contributed by atoms with van der Waals surface area (Å²) >= 11 is 0.